The topological polar surface area (TPSA) is 17.8 Å². The van der Waals surface area contributed by atoms with E-state index in [9.17, 15) is 0 Å². The fourth-order valence-corrected chi connectivity index (χ4v) is 2.41. The predicted molar refractivity (Wildman–Crippen MR) is 58.4 cm³/mol. The number of hydrogen-bond acceptors (Lipinski definition) is 1. The van der Waals surface area contributed by atoms with Gasteiger partial charge in [-0.1, -0.05) is 11.6 Å². The lowest BCUT2D eigenvalue weighted by atomic mass is 10.3. The molecule has 0 spiro atoms. The number of fused-ring (bicyclic) bond motifs is 1. The van der Waals surface area contributed by atoms with E-state index in [4.69, 9.17) is 11.6 Å². The van der Waals surface area contributed by atoms with Crippen molar-refractivity contribution in [2.24, 2.45) is 7.05 Å². The minimum absolute atomic E-state index is 0.568. The van der Waals surface area contributed by atoms with Crippen LogP contribution in [0.2, 0.25) is 5.15 Å². The van der Waals surface area contributed by atoms with Crippen molar-refractivity contribution in [1.82, 2.24) is 9.55 Å². The largest absolute Gasteiger partial charge is 0.347 e. The highest BCUT2D eigenvalue weighted by molar-refractivity contribution is 14.1. The number of pyridine rings is 1. The quantitative estimate of drug-likeness (QED) is 0.539. The van der Waals surface area contributed by atoms with E-state index in [0.717, 1.165) is 10.9 Å². The van der Waals surface area contributed by atoms with E-state index in [0.29, 0.717) is 5.15 Å². The van der Waals surface area contributed by atoms with Crippen molar-refractivity contribution in [2.45, 2.75) is 0 Å². The zero-order chi connectivity index (χ0) is 8.72. The summed E-state index contributed by atoms with van der Waals surface area (Å²) in [7, 11) is 1.97. The molecule has 0 radical (unpaired) electrons. The molecule has 4 heteroatoms. The van der Waals surface area contributed by atoms with Crippen molar-refractivity contribution in [3.63, 3.8) is 0 Å². The Morgan fingerprint density at radius 2 is 2.33 bits per heavy atom. The Morgan fingerprint density at radius 1 is 1.58 bits per heavy atom. The van der Waals surface area contributed by atoms with Crippen LogP contribution in [0.15, 0.2) is 18.5 Å². The first-order valence-corrected chi connectivity index (χ1v) is 4.91. The molecule has 0 aromatic carbocycles. The molecule has 12 heavy (non-hydrogen) atoms. The third-order valence-corrected chi connectivity index (χ3v) is 2.93. The molecule has 2 aromatic rings. The van der Waals surface area contributed by atoms with Gasteiger partial charge in [0, 0.05) is 28.4 Å². The molecule has 62 valence electrons. The average molecular weight is 293 g/mol. The van der Waals surface area contributed by atoms with Crippen molar-refractivity contribution in [1.29, 1.82) is 0 Å². The van der Waals surface area contributed by atoms with E-state index in [1.807, 2.05) is 23.9 Å². The summed E-state index contributed by atoms with van der Waals surface area (Å²) in [6.07, 6.45) is 3.77. The summed E-state index contributed by atoms with van der Waals surface area (Å²) in [4.78, 5) is 4.02. The van der Waals surface area contributed by atoms with Gasteiger partial charge < -0.3 is 4.57 Å². The Kier molecular flexibility index (Phi) is 2.00. The normalized spacial score (nSPS) is 10.9. The minimum atomic E-state index is 0.568. The fourth-order valence-electron chi connectivity index (χ4n) is 1.26. The maximum Gasteiger partial charge on any atom is 0.153 e. The van der Waals surface area contributed by atoms with Crippen molar-refractivity contribution in [3.8, 4) is 0 Å². The summed E-state index contributed by atoms with van der Waals surface area (Å²) in [5.41, 5.74) is 1.00. The molecular formula is C8H6ClIN2. The second-order valence-electron chi connectivity index (χ2n) is 2.59. The molecule has 0 amide bonds. The summed E-state index contributed by atoms with van der Waals surface area (Å²) in [6, 6.07) is 1.98. The zero-order valence-electron chi connectivity index (χ0n) is 6.38. The summed E-state index contributed by atoms with van der Waals surface area (Å²) >= 11 is 8.23. The van der Waals surface area contributed by atoms with Gasteiger partial charge in [-0.15, -0.1) is 0 Å². The Hall–Kier alpha value is -0.290. The van der Waals surface area contributed by atoms with E-state index in [1.165, 1.54) is 3.57 Å². The van der Waals surface area contributed by atoms with E-state index in [2.05, 4.69) is 27.6 Å². The standard InChI is InChI=1S/C8H6ClIN2/c1-12-4-6(10)5-2-3-11-8(9)7(5)12/h2-4H,1H3. The van der Waals surface area contributed by atoms with Gasteiger partial charge in [0.05, 0.1) is 5.52 Å². The number of hydrogen-bond donors (Lipinski definition) is 0. The van der Waals surface area contributed by atoms with E-state index in [1.54, 1.807) is 6.20 Å². The van der Waals surface area contributed by atoms with Crippen LogP contribution in [0.4, 0.5) is 0 Å². The van der Waals surface area contributed by atoms with Gasteiger partial charge in [-0.25, -0.2) is 4.98 Å². The highest BCUT2D eigenvalue weighted by Gasteiger charge is 2.06. The van der Waals surface area contributed by atoms with Crippen molar-refractivity contribution >= 4 is 45.1 Å². The summed E-state index contributed by atoms with van der Waals surface area (Å²) in [6.45, 7) is 0. The van der Waals surface area contributed by atoms with Crippen LogP contribution in [-0.4, -0.2) is 9.55 Å². The lowest BCUT2D eigenvalue weighted by Gasteiger charge is -1.96. The molecule has 0 unspecified atom stereocenters. The average Bonchev–Trinajstić information content (AvgIpc) is 2.29. The molecule has 2 nitrogen and oxygen atoms in total. The Labute approximate surface area is 88.7 Å². The molecule has 0 atom stereocenters. The van der Waals surface area contributed by atoms with Crippen LogP contribution in [0.25, 0.3) is 10.9 Å². The van der Waals surface area contributed by atoms with Crippen LogP contribution in [0.5, 0.6) is 0 Å². The fraction of sp³-hybridized carbons (Fsp3) is 0.125. The third kappa shape index (κ3) is 1.11. The molecule has 0 bridgehead atoms. The molecule has 0 fully saturated rings. The third-order valence-electron chi connectivity index (χ3n) is 1.80. The van der Waals surface area contributed by atoms with E-state index < -0.39 is 0 Å². The molecule has 2 aromatic heterocycles. The van der Waals surface area contributed by atoms with Gasteiger partial charge in [0.2, 0.25) is 0 Å². The highest BCUT2D eigenvalue weighted by atomic mass is 127. The van der Waals surface area contributed by atoms with Gasteiger partial charge in [0.25, 0.3) is 0 Å². The van der Waals surface area contributed by atoms with Crippen LogP contribution < -0.4 is 0 Å². The van der Waals surface area contributed by atoms with Crippen LogP contribution in [0.1, 0.15) is 0 Å². The number of nitrogens with zero attached hydrogens (tertiary/aromatic N) is 2. The lowest BCUT2D eigenvalue weighted by Crippen LogP contribution is -1.85. The molecule has 2 heterocycles. The maximum atomic E-state index is 5.94. The predicted octanol–water partition coefficient (Wildman–Crippen LogP) is 2.83. The monoisotopic (exact) mass is 292 g/mol. The number of rotatable bonds is 0. The number of aryl methyl sites for hydroxylation is 1. The first kappa shape index (κ1) is 8.31. The van der Waals surface area contributed by atoms with Gasteiger partial charge >= 0.3 is 0 Å². The Morgan fingerprint density at radius 3 is 3.00 bits per heavy atom. The van der Waals surface area contributed by atoms with E-state index in [-0.39, 0.29) is 0 Å². The van der Waals surface area contributed by atoms with Gasteiger partial charge in [-0.2, -0.15) is 0 Å². The maximum absolute atomic E-state index is 5.94. The molecule has 0 aliphatic heterocycles. The molecule has 0 saturated carbocycles. The molecule has 0 aliphatic rings. The zero-order valence-corrected chi connectivity index (χ0v) is 9.30. The molecule has 0 N–H and O–H groups in total. The van der Waals surface area contributed by atoms with E-state index >= 15 is 0 Å². The molecular weight excluding hydrogens is 286 g/mol. The van der Waals surface area contributed by atoms with Crippen molar-refractivity contribution in [3.05, 3.63) is 27.2 Å². The summed E-state index contributed by atoms with van der Waals surface area (Å²) in [5.74, 6) is 0. The van der Waals surface area contributed by atoms with Crippen LogP contribution in [0.3, 0.4) is 0 Å². The first-order valence-electron chi connectivity index (χ1n) is 3.45. The van der Waals surface area contributed by atoms with Gasteiger partial charge in [0.1, 0.15) is 0 Å². The van der Waals surface area contributed by atoms with Gasteiger partial charge in [-0.05, 0) is 28.7 Å². The molecule has 2 rings (SSSR count). The van der Waals surface area contributed by atoms with Crippen molar-refractivity contribution < 1.29 is 0 Å². The Balaban J connectivity index is 2.99. The second kappa shape index (κ2) is 2.88. The van der Waals surface area contributed by atoms with Gasteiger partial charge in [0.15, 0.2) is 5.15 Å². The second-order valence-corrected chi connectivity index (χ2v) is 4.11. The number of aromatic nitrogens is 2. The summed E-state index contributed by atoms with van der Waals surface area (Å²) in [5, 5.41) is 1.73. The summed E-state index contributed by atoms with van der Waals surface area (Å²) < 4.78 is 3.20. The SMILES string of the molecule is Cn1cc(I)c2ccnc(Cl)c21. The molecule has 0 saturated heterocycles. The smallest absolute Gasteiger partial charge is 0.153 e. The van der Waals surface area contributed by atoms with Crippen molar-refractivity contribution in [2.75, 3.05) is 0 Å². The lowest BCUT2D eigenvalue weighted by molar-refractivity contribution is 0.962. The van der Waals surface area contributed by atoms with Crippen LogP contribution in [-0.2, 0) is 7.05 Å². The number of halogens is 2. The van der Waals surface area contributed by atoms with Crippen LogP contribution in [0, 0.1) is 3.57 Å². The molecule has 0 aliphatic carbocycles. The minimum Gasteiger partial charge on any atom is -0.347 e. The first-order chi connectivity index (χ1) is 5.70. The van der Waals surface area contributed by atoms with Gasteiger partial charge in [-0.3, -0.25) is 0 Å². The highest BCUT2D eigenvalue weighted by Crippen LogP contribution is 2.26. The Bertz CT molecular complexity index is 436. The van der Waals surface area contributed by atoms with Crippen LogP contribution >= 0.6 is 34.2 Å².